The third-order valence-corrected chi connectivity index (χ3v) is 6.42. The van der Waals surface area contributed by atoms with Crippen molar-refractivity contribution in [3.05, 3.63) is 35.9 Å². The minimum atomic E-state index is -0.608. The van der Waals surface area contributed by atoms with Crippen LogP contribution in [0.3, 0.4) is 0 Å². The lowest BCUT2D eigenvalue weighted by Crippen LogP contribution is -2.27. The molecule has 0 aromatic heterocycles. The second-order valence-electron chi connectivity index (χ2n) is 7.43. The van der Waals surface area contributed by atoms with Gasteiger partial charge < -0.3 is 19.0 Å². The molecule has 26 heavy (non-hydrogen) atoms. The van der Waals surface area contributed by atoms with Crippen molar-refractivity contribution < 1.29 is 19.0 Å². The molecule has 3 rings (SSSR count). The number of benzene rings is 1. The quantitative estimate of drug-likeness (QED) is 0.497. The van der Waals surface area contributed by atoms with Crippen molar-refractivity contribution in [3.63, 3.8) is 0 Å². The Morgan fingerprint density at radius 3 is 2.65 bits per heavy atom. The molecule has 1 aliphatic carbocycles. The zero-order chi connectivity index (χ0) is 18.5. The smallest absolute Gasteiger partial charge is 0.336 e. The number of rotatable bonds is 9. The lowest BCUT2D eigenvalue weighted by molar-refractivity contribution is -0.0942. The highest BCUT2D eigenvalue weighted by Crippen LogP contribution is 2.46. The predicted molar refractivity (Wildman–Crippen MR) is 116 cm³/mol. The monoisotopic (exact) mass is 414 g/mol. The van der Waals surface area contributed by atoms with Crippen LogP contribution in [0.15, 0.2) is 30.3 Å². The van der Waals surface area contributed by atoms with E-state index in [2.05, 4.69) is 52.0 Å². The lowest BCUT2D eigenvalue weighted by atomic mass is 9.86. The zero-order valence-electron chi connectivity index (χ0n) is 15.1. The standard InChI is InChI=1S/C18H30BO4P3/c20-18-10-15-14(17(22-19(24)25)11-16(15)21-18)9-8-13(23-26)7-6-12-4-2-1-3-5-12/h1-5,13-18,20H,6-11,24-26H2/t13-,14+,15+,16-,17+,18?/m0/s1. The van der Waals surface area contributed by atoms with Gasteiger partial charge in [0.2, 0.25) is 0 Å². The Labute approximate surface area is 164 Å². The van der Waals surface area contributed by atoms with Gasteiger partial charge in [-0.3, -0.25) is 0 Å². The van der Waals surface area contributed by atoms with Gasteiger partial charge in [0.05, 0.1) is 12.2 Å². The van der Waals surface area contributed by atoms with Crippen LogP contribution in [0, 0.1) is 11.8 Å². The van der Waals surface area contributed by atoms with Crippen LogP contribution in [0.25, 0.3) is 0 Å². The summed E-state index contributed by atoms with van der Waals surface area (Å²) in [6, 6.07) is 10.5. The van der Waals surface area contributed by atoms with E-state index in [9.17, 15) is 5.11 Å². The van der Waals surface area contributed by atoms with Gasteiger partial charge in [-0.2, -0.15) is 0 Å². The average molecular weight is 414 g/mol. The Balaban J connectivity index is 1.54. The molecule has 1 heterocycles. The summed E-state index contributed by atoms with van der Waals surface area (Å²) in [6.07, 6.45) is 5.66. The molecule has 1 saturated carbocycles. The topological polar surface area (TPSA) is 47.9 Å². The second-order valence-corrected chi connectivity index (χ2v) is 9.78. The van der Waals surface area contributed by atoms with Crippen LogP contribution in [-0.2, 0) is 20.3 Å². The Morgan fingerprint density at radius 2 is 1.96 bits per heavy atom. The Bertz CT molecular complexity index is 550. The molecule has 4 nitrogen and oxygen atoms in total. The van der Waals surface area contributed by atoms with E-state index in [1.165, 1.54) is 5.56 Å². The normalized spacial score (nSPS) is 31.8. The van der Waals surface area contributed by atoms with E-state index in [4.69, 9.17) is 13.9 Å². The summed E-state index contributed by atoms with van der Waals surface area (Å²) >= 11 is 0. The second kappa shape index (κ2) is 10.3. The van der Waals surface area contributed by atoms with Crippen LogP contribution in [-0.4, -0.2) is 36.1 Å². The first-order valence-electron chi connectivity index (χ1n) is 9.46. The molecular weight excluding hydrogens is 384 g/mol. The molecule has 2 fully saturated rings. The molecule has 1 N–H and O–H groups in total. The summed E-state index contributed by atoms with van der Waals surface area (Å²) in [7, 11) is 7.80. The molecule has 1 aromatic rings. The van der Waals surface area contributed by atoms with Crippen molar-refractivity contribution in [2.75, 3.05) is 0 Å². The average Bonchev–Trinajstić information content (AvgIpc) is 3.11. The molecule has 0 spiro atoms. The third-order valence-electron chi connectivity index (χ3n) is 5.72. The Morgan fingerprint density at radius 1 is 1.19 bits per heavy atom. The molecule has 1 aromatic carbocycles. The van der Waals surface area contributed by atoms with Gasteiger partial charge in [0.15, 0.2) is 6.29 Å². The maximum absolute atomic E-state index is 9.86. The molecule has 1 aliphatic heterocycles. The minimum absolute atomic E-state index is 0.0538. The van der Waals surface area contributed by atoms with Gasteiger partial charge >= 0.3 is 6.35 Å². The van der Waals surface area contributed by atoms with Crippen LogP contribution in [0.2, 0.25) is 0 Å². The fraction of sp³-hybridized carbons (Fsp3) is 0.667. The predicted octanol–water partition coefficient (Wildman–Crippen LogP) is 3.44. The highest BCUT2D eigenvalue weighted by Gasteiger charge is 2.49. The largest absolute Gasteiger partial charge is 0.425 e. The molecule has 1 saturated heterocycles. The first-order chi connectivity index (χ1) is 12.6. The van der Waals surface area contributed by atoms with Crippen molar-refractivity contribution in [1.29, 1.82) is 0 Å². The number of aryl methyl sites for hydroxylation is 1. The molecule has 2 aliphatic rings. The molecule has 9 atom stereocenters. The summed E-state index contributed by atoms with van der Waals surface area (Å²) in [5, 5.41) is 9.86. The Kier molecular flexibility index (Phi) is 8.34. The zero-order valence-corrected chi connectivity index (χ0v) is 18.5. The number of aliphatic hydroxyl groups is 1. The summed E-state index contributed by atoms with van der Waals surface area (Å²) in [4.78, 5) is 0. The van der Waals surface area contributed by atoms with Gasteiger partial charge in [0.25, 0.3) is 0 Å². The summed E-state index contributed by atoms with van der Waals surface area (Å²) in [6.45, 7) is 0. The van der Waals surface area contributed by atoms with Crippen molar-refractivity contribution >= 4 is 34.1 Å². The van der Waals surface area contributed by atoms with Gasteiger partial charge in [-0.25, -0.2) is 0 Å². The highest BCUT2D eigenvalue weighted by atomic mass is 31.1. The third kappa shape index (κ3) is 5.71. The van der Waals surface area contributed by atoms with E-state index in [-0.39, 0.29) is 24.7 Å². The molecule has 144 valence electrons. The summed E-state index contributed by atoms with van der Waals surface area (Å²) in [5.74, 6) is 0.808. The van der Waals surface area contributed by atoms with Gasteiger partial charge in [0.1, 0.15) is 0 Å². The van der Waals surface area contributed by atoms with Crippen molar-refractivity contribution in [2.24, 2.45) is 11.8 Å². The lowest BCUT2D eigenvalue weighted by Gasteiger charge is -2.27. The van der Waals surface area contributed by atoms with Gasteiger partial charge in [-0.1, -0.05) is 30.3 Å². The minimum Gasteiger partial charge on any atom is -0.425 e. The first-order valence-corrected chi connectivity index (χ1v) is 11.3. The van der Waals surface area contributed by atoms with Crippen LogP contribution in [0.4, 0.5) is 0 Å². The maximum atomic E-state index is 9.86. The van der Waals surface area contributed by atoms with E-state index in [0.717, 1.165) is 38.5 Å². The number of hydrogen-bond acceptors (Lipinski definition) is 4. The number of ether oxygens (including phenoxy) is 1. The van der Waals surface area contributed by atoms with E-state index in [1.54, 1.807) is 0 Å². The maximum Gasteiger partial charge on any atom is 0.336 e. The van der Waals surface area contributed by atoms with E-state index < -0.39 is 6.29 Å². The van der Waals surface area contributed by atoms with Crippen molar-refractivity contribution in [2.45, 2.75) is 63.1 Å². The molecule has 8 heteroatoms. The molecule has 0 radical (unpaired) electrons. The van der Waals surface area contributed by atoms with E-state index >= 15 is 0 Å². The van der Waals surface area contributed by atoms with Crippen LogP contribution >= 0.6 is 27.7 Å². The van der Waals surface area contributed by atoms with Crippen molar-refractivity contribution in [1.82, 2.24) is 0 Å². The molecule has 4 unspecified atom stereocenters. The van der Waals surface area contributed by atoms with Gasteiger partial charge in [0, 0.05) is 22.0 Å². The van der Waals surface area contributed by atoms with Crippen LogP contribution < -0.4 is 0 Å². The van der Waals surface area contributed by atoms with Gasteiger partial charge in [-0.05, 0) is 49.5 Å². The highest BCUT2D eigenvalue weighted by molar-refractivity contribution is 7.92. The van der Waals surface area contributed by atoms with Crippen LogP contribution in [0.1, 0.15) is 37.7 Å². The van der Waals surface area contributed by atoms with E-state index in [1.807, 2.05) is 6.07 Å². The number of hydrogen-bond donors (Lipinski definition) is 1. The Hall–Kier alpha value is 0.415. The van der Waals surface area contributed by atoms with Gasteiger partial charge in [-0.15, -0.1) is 18.2 Å². The summed E-state index contributed by atoms with van der Waals surface area (Å²) < 4.78 is 17.5. The molecular formula is C18H30BO4P3. The fourth-order valence-corrected chi connectivity index (χ4v) is 5.17. The fourth-order valence-electron chi connectivity index (χ4n) is 4.49. The SMILES string of the molecule is OC1C[C@@H]2[C@@H](CC[C@H](CCc3ccccc3)OP)[C@H](OB(P)P)C[C@@H]2O1. The number of fused-ring (bicyclic) bond motifs is 1. The molecule has 0 amide bonds. The van der Waals surface area contributed by atoms with E-state index in [0.29, 0.717) is 11.8 Å². The van der Waals surface area contributed by atoms with Crippen LogP contribution in [0.5, 0.6) is 0 Å². The number of aliphatic hydroxyl groups excluding tert-OH is 1. The first kappa shape index (κ1) is 21.1. The molecule has 0 bridgehead atoms. The summed E-state index contributed by atoms with van der Waals surface area (Å²) in [5.41, 5.74) is 1.35. The van der Waals surface area contributed by atoms with Crippen molar-refractivity contribution in [3.8, 4) is 0 Å².